The quantitative estimate of drug-likeness (QED) is 0.378. The fourth-order valence-corrected chi connectivity index (χ4v) is 5.75. The van der Waals surface area contributed by atoms with Gasteiger partial charge in [0, 0.05) is 43.3 Å². The molecule has 4 aromatic rings. The second-order valence-corrected chi connectivity index (χ2v) is 10.4. The Morgan fingerprint density at radius 3 is 2.63 bits per heavy atom. The van der Waals surface area contributed by atoms with Crippen LogP contribution in [0.25, 0.3) is 16.7 Å². The van der Waals surface area contributed by atoms with E-state index >= 15 is 0 Å². The van der Waals surface area contributed by atoms with Crippen LogP contribution in [0.2, 0.25) is 0 Å². The maximum absolute atomic E-state index is 13.1. The van der Waals surface area contributed by atoms with E-state index in [-0.39, 0.29) is 10.9 Å². The molecule has 3 heterocycles. The summed E-state index contributed by atoms with van der Waals surface area (Å²) in [5, 5.41) is 7.19. The monoisotopic (exact) mass is 509 g/mol. The van der Waals surface area contributed by atoms with E-state index in [9.17, 15) is 9.59 Å². The standard InChI is InChI=1S/C29H31N7O2/c1-17-14-35(15-18(2)32-17)25-9-4-3-8-24(25)33-29-31-13-22-26(37)23(27(30)38)16-36(28(22)34-29)21-11-10-19-6-5-7-20(19)12-21/h3-4,8-13,16-18,32H,5-7,14-15H2,1-2H3,(H2,30,38)(H,31,33,34). The van der Waals surface area contributed by atoms with Crippen molar-refractivity contribution in [2.45, 2.75) is 45.2 Å². The Bertz CT molecular complexity index is 1600. The van der Waals surface area contributed by atoms with Crippen molar-refractivity contribution >= 4 is 34.3 Å². The van der Waals surface area contributed by atoms with E-state index in [0.29, 0.717) is 23.7 Å². The first kappa shape index (κ1) is 24.1. The summed E-state index contributed by atoms with van der Waals surface area (Å²) in [6.07, 6.45) is 6.16. The molecule has 1 aliphatic heterocycles. The zero-order valence-corrected chi connectivity index (χ0v) is 21.6. The zero-order chi connectivity index (χ0) is 26.4. The van der Waals surface area contributed by atoms with E-state index in [1.807, 2.05) is 24.3 Å². The minimum atomic E-state index is -0.776. The van der Waals surface area contributed by atoms with E-state index in [1.165, 1.54) is 23.5 Å². The summed E-state index contributed by atoms with van der Waals surface area (Å²) in [5.74, 6) is -0.412. The molecule has 2 aliphatic rings. The van der Waals surface area contributed by atoms with Crippen LogP contribution in [0.1, 0.15) is 41.8 Å². The van der Waals surface area contributed by atoms with Crippen LogP contribution >= 0.6 is 0 Å². The number of anilines is 3. The first-order valence-corrected chi connectivity index (χ1v) is 13.1. The molecule has 1 aliphatic carbocycles. The molecule has 194 valence electrons. The molecule has 0 radical (unpaired) electrons. The summed E-state index contributed by atoms with van der Waals surface area (Å²) in [5.41, 5.74) is 10.8. The number of carbonyl (C=O) groups is 1. The number of amides is 1. The van der Waals surface area contributed by atoms with Crippen molar-refractivity contribution in [3.63, 3.8) is 0 Å². The molecule has 2 unspecified atom stereocenters. The van der Waals surface area contributed by atoms with E-state index in [4.69, 9.17) is 10.7 Å². The predicted molar refractivity (Wildman–Crippen MR) is 150 cm³/mol. The molecule has 4 N–H and O–H groups in total. The number of benzene rings is 2. The third kappa shape index (κ3) is 4.39. The Hall–Kier alpha value is -4.24. The lowest BCUT2D eigenvalue weighted by atomic mass is 10.1. The minimum absolute atomic E-state index is 0.0883. The van der Waals surface area contributed by atoms with Gasteiger partial charge in [-0.1, -0.05) is 18.2 Å². The molecule has 0 saturated carbocycles. The summed E-state index contributed by atoms with van der Waals surface area (Å²) < 4.78 is 1.77. The molecular weight excluding hydrogens is 478 g/mol. The van der Waals surface area contributed by atoms with Crippen LogP contribution in [0.15, 0.2) is 59.7 Å². The largest absolute Gasteiger partial charge is 0.367 e. The Labute approximate surface area is 220 Å². The van der Waals surface area contributed by atoms with Crippen molar-refractivity contribution in [2.75, 3.05) is 23.3 Å². The Kier molecular flexibility index (Phi) is 6.07. The number of para-hydroxylation sites is 2. The lowest BCUT2D eigenvalue weighted by Crippen LogP contribution is -2.54. The number of primary amides is 1. The van der Waals surface area contributed by atoms with Gasteiger partial charge in [0.05, 0.1) is 16.8 Å². The van der Waals surface area contributed by atoms with Gasteiger partial charge in [-0.25, -0.2) is 4.98 Å². The third-order valence-corrected chi connectivity index (χ3v) is 7.42. The molecular formula is C29H31N7O2. The van der Waals surface area contributed by atoms with Gasteiger partial charge >= 0.3 is 0 Å². The van der Waals surface area contributed by atoms with Crippen LogP contribution in [-0.4, -0.2) is 45.6 Å². The fourth-order valence-electron chi connectivity index (χ4n) is 5.75. The normalized spacial score (nSPS) is 18.9. The number of aryl methyl sites for hydroxylation is 2. The number of fused-ring (bicyclic) bond motifs is 2. The molecule has 1 saturated heterocycles. The maximum atomic E-state index is 13.1. The average molecular weight is 510 g/mol. The van der Waals surface area contributed by atoms with Crippen molar-refractivity contribution < 1.29 is 4.79 Å². The zero-order valence-electron chi connectivity index (χ0n) is 21.6. The first-order chi connectivity index (χ1) is 18.4. The average Bonchev–Trinajstić information content (AvgIpc) is 3.36. The first-order valence-electron chi connectivity index (χ1n) is 13.1. The van der Waals surface area contributed by atoms with Crippen molar-refractivity contribution in [1.82, 2.24) is 19.9 Å². The highest BCUT2D eigenvalue weighted by atomic mass is 16.2. The number of nitrogens with one attached hydrogen (secondary N) is 2. The van der Waals surface area contributed by atoms with E-state index in [1.54, 1.807) is 4.57 Å². The highest BCUT2D eigenvalue weighted by Crippen LogP contribution is 2.30. The van der Waals surface area contributed by atoms with Crippen molar-refractivity contribution in [3.05, 3.63) is 81.8 Å². The number of nitrogens with two attached hydrogens (primary N) is 1. The van der Waals surface area contributed by atoms with Crippen molar-refractivity contribution in [3.8, 4) is 5.69 Å². The van der Waals surface area contributed by atoms with Gasteiger partial charge in [0.25, 0.3) is 5.91 Å². The Morgan fingerprint density at radius 1 is 1.08 bits per heavy atom. The summed E-state index contributed by atoms with van der Waals surface area (Å²) >= 11 is 0. The molecule has 38 heavy (non-hydrogen) atoms. The molecule has 1 fully saturated rings. The van der Waals surface area contributed by atoms with E-state index in [2.05, 4.69) is 52.6 Å². The van der Waals surface area contributed by atoms with Crippen LogP contribution in [-0.2, 0) is 12.8 Å². The Balaban J connectivity index is 1.44. The minimum Gasteiger partial charge on any atom is -0.367 e. The number of carbonyl (C=O) groups excluding carboxylic acids is 1. The van der Waals surface area contributed by atoms with Crippen LogP contribution in [0.4, 0.5) is 17.3 Å². The van der Waals surface area contributed by atoms with Gasteiger partial charge in [0.1, 0.15) is 5.56 Å². The molecule has 2 aromatic heterocycles. The molecule has 1 amide bonds. The number of piperazine rings is 1. The van der Waals surface area contributed by atoms with Gasteiger partial charge in [0.2, 0.25) is 11.4 Å². The second kappa shape index (κ2) is 9.57. The topological polar surface area (TPSA) is 118 Å². The number of nitrogens with zero attached hydrogens (tertiary/aromatic N) is 4. The van der Waals surface area contributed by atoms with Gasteiger partial charge < -0.3 is 25.8 Å². The molecule has 2 atom stereocenters. The van der Waals surface area contributed by atoms with Gasteiger partial charge in [-0.15, -0.1) is 0 Å². The molecule has 2 aromatic carbocycles. The summed E-state index contributed by atoms with van der Waals surface area (Å²) in [6, 6.07) is 15.0. The molecule has 6 rings (SSSR count). The molecule has 9 nitrogen and oxygen atoms in total. The van der Waals surface area contributed by atoms with Crippen LogP contribution in [0.3, 0.4) is 0 Å². The van der Waals surface area contributed by atoms with Crippen LogP contribution in [0.5, 0.6) is 0 Å². The van der Waals surface area contributed by atoms with Gasteiger partial charge in [-0.05, 0) is 68.5 Å². The Morgan fingerprint density at radius 2 is 1.84 bits per heavy atom. The SMILES string of the molecule is CC1CN(c2ccccc2Nc2ncc3c(=O)c(C(N)=O)cn(-c4ccc5c(c4)CCC5)c3n2)CC(C)N1. The predicted octanol–water partition coefficient (Wildman–Crippen LogP) is 3.30. The van der Waals surface area contributed by atoms with E-state index in [0.717, 1.165) is 49.4 Å². The van der Waals surface area contributed by atoms with Crippen LogP contribution in [0, 0.1) is 0 Å². The van der Waals surface area contributed by atoms with Gasteiger partial charge in [-0.3, -0.25) is 9.59 Å². The van der Waals surface area contributed by atoms with E-state index < -0.39 is 11.3 Å². The van der Waals surface area contributed by atoms with Crippen molar-refractivity contribution in [2.24, 2.45) is 5.73 Å². The smallest absolute Gasteiger partial charge is 0.254 e. The number of hydrogen-bond acceptors (Lipinski definition) is 7. The number of aromatic nitrogens is 3. The molecule has 0 bridgehead atoms. The van der Waals surface area contributed by atoms with Gasteiger partial charge in [-0.2, -0.15) is 4.98 Å². The second-order valence-electron chi connectivity index (χ2n) is 10.4. The summed E-state index contributed by atoms with van der Waals surface area (Å²) in [6.45, 7) is 6.14. The third-order valence-electron chi connectivity index (χ3n) is 7.42. The summed E-state index contributed by atoms with van der Waals surface area (Å²) in [4.78, 5) is 36.8. The highest BCUT2D eigenvalue weighted by molar-refractivity contribution is 5.96. The number of pyridine rings is 1. The summed E-state index contributed by atoms with van der Waals surface area (Å²) in [7, 11) is 0. The highest BCUT2D eigenvalue weighted by Gasteiger charge is 2.23. The lowest BCUT2D eigenvalue weighted by molar-refractivity contribution is 0.0999. The number of rotatable bonds is 5. The fraction of sp³-hybridized carbons (Fsp3) is 0.310. The number of hydrogen-bond donors (Lipinski definition) is 3. The molecule has 0 spiro atoms. The van der Waals surface area contributed by atoms with Gasteiger partial charge in [0.15, 0.2) is 5.65 Å². The van der Waals surface area contributed by atoms with Crippen LogP contribution < -0.4 is 26.7 Å². The lowest BCUT2D eigenvalue weighted by Gasteiger charge is -2.38. The maximum Gasteiger partial charge on any atom is 0.254 e. The van der Waals surface area contributed by atoms with Crippen molar-refractivity contribution in [1.29, 1.82) is 0 Å². The molecule has 9 heteroatoms.